The van der Waals surface area contributed by atoms with Gasteiger partial charge in [0, 0.05) is 12.2 Å². The summed E-state index contributed by atoms with van der Waals surface area (Å²) in [6.45, 7) is 4.69. The molecule has 1 fully saturated rings. The highest BCUT2D eigenvalue weighted by Gasteiger charge is 2.24. The van der Waals surface area contributed by atoms with Gasteiger partial charge in [-0.15, -0.1) is 0 Å². The standard InChI is InChI=1S/C11H19N3/c1-8-3-4-11(9(2)5-8)14-10-6-12-13-7-10/h6-9,11,14H,3-5H2,1-2H3,(H,12,13). The summed E-state index contributed by atoms with van der Waals surface area (Å²) in [5, 5.41) is 10.3. The summed E-state index contributed by atoms with van der Waals surface area (Å²) >= 11 is 0. The maximum absolute atomic E-state index is 3.94. The number of hydrogen-bond donors (Lipinski definition) is 2. The lowest BCUT2D eigenvalue weighted by Crippen LogP contribution is -2.32. The summed E-state index contributed by atoms with van der Waals surface area (Å²) in [5.74, 6) is 1.67. The van der Waals surface area contributed by atoms with Crippen LogP contribution in [0.2, 0.25) is 0 Å². The van der Waals surface area contributed by atoms with Crippen LogP contribution < -0.4 is 5.32 Å². The minimum atomic E-state index is 0.629. The van der Waals surface area contributed by atoms with Crippen LogP contribution in [0.4, 0.5) is 5.69 Å². The van der Waals surface area contributed by atoms with Gasteiger partial charge in [0.25, 0.3) is 0 Å². The fraction of sp³-hybridized carbons (Fsp3) is 0.727. The lowest BCUT2D eigenvalue weighted by Gasteiger charge is -2.33. The molecule has 0 saturated heterocycles. The van der Waals surface area contributed by atoms with Crippen LogP contribution in [0.15, 0.2) is 12.4 Å². The molecule has 1 aromatic heterocycles. The van der Waals surface area contributed by atoms with E-state index in [0.717, 1.165) is 17.5 Å². The van der Waals surface area contributed by atoms with Gasteiger partial charge in [0.05, 0.1) is 11.9 Å². The second-order valence-electron chi connectivity index (χ2n) is 4.63. The lowest BCUT2D eigenvalue weighted by molar-refractivity contribution is 0.276. The second kappa shape index (κ2) is 4.03. The number of rotatable bonds is 2. The molecule has 1 aliphatic carbocycles. The van der Waals surface area contributed by atoms with Crippen molar-refractivity contribution in [3.8, 4) is 0 Å². The van der Waals surface area contributed by atoms with Crippen molar-refractivity contribution >= 4 is 5.69 Å². The van der Waals surface area contributed by atoms with E-state index in [4.69, 9.17) is 0 Å². The largest absolute Gasteiger partial charge is 0.380 e. The van der Waals surface area contributed by atoms with Crippen molar-refractivity contribution in [2.24, 2.45) is 11.8 Å². The zero-order valence-corrected chi connectivity index (χ0v) is 8.96. The fourth-order valence-corrected chi connectivity index (χ4v) is 2.42. The van der Waals surface area contributed by atoms with Gasteiger partial charge in [-0.05, 0) is 31.1 Å². The van der Waals surface area contributed by atoms with Crippen LogP contribution in [-0.2, 0) is 0 Å². The lowest BCUT2D eigenvalue weighted by atomic mass is 9.80. The van der Waals surface area contributed by atoms with Gasteiger partial charge in [-0.3, -0.25) is 5.10 Å². The Kier molecular flexibility index (Phi) is 2.75. The third-order valence-electron chi connectivity index (χ3n) is 3.28. The summed E-state index contributed by atoms with van der Waals surface area (Å²) in [7, 11) is 0. The molecule has 3 nitrogen and oxygen atoms in total. The van der Waals surface area contributed by atoms with E-state index in [2.05, 4.69) is 29.4 Å². The van der Waals surface area contributed by atoms with Gasteiger partial charge in [-0.1, -0.05) is 13.8 Å². The molecule has 78 valence electrons. The van der Waals surface area contributed by atoms with E-state index >= 15 is 0 Å². The minimum Gasteiger partial charge on any atom is -0.380 e. The van der Waals surface area contributed by atoms with E-state index in [1.807, 2.05) is 12.4 Å². The smallest absolute Gasteiger partial charge is 0.0726 e. The van der Waals surface area contributed by atoms with E-state index in [9.17, 15) is 0 Å². The molecule has 2 rings (SSSR count). The molecule has 1 aliphatic rings. The van der Waals surface area contributed by atoms with Gasteiger partial charge in [0.2, 0.25) is 0 Å². The summed E-state index contributed by atoms with van der Waals surface area (Å²) in [5.41, 5.74) is 1.12. The maximum atomic E-state index is 3.94. The van der Waals surface area contributed by atoms with Crippen molar-refractivity contribution < 1.29 is 0 Å². The Hall–Kier alpha value is -0.990. The number of nitrogens with one attached hydrogen (secondary N) is 2. The molecule has 2 N–H and O–H groups in total. The molecule has 0 amide bonds. The Labute approximate surface area is 85.3 Å². The fourth-order valence-electron chi connectivity index (χ4n) is 2.42. The highest BCUT2D eigenvalue weighted by molar-refractivity contribution is 5.38. The zero-order chi connectivity index (χ0) is 9.97. The Morgan fingerprint density at radius 3 is 2.93 bits per heavy atom. The van der Waals surface area contributed by atoms with Crippen molar-refractivity contribution in [1.29, 1.82) is 0 Å². The van der Waals surface area contributed by atoms with Crippen molar-refractivity contribution in [2.45, 2.75) is 39.2 Å². The van der Waals surface area contributed by atoms with Crippen LogP contribution in [0.25, 0.3) is 0 Å². The highest BCUT2D eigenvalue weighted by Crippen LogP contribution is 2.30. The third kappa shape index (κ3) is 2.08. The number of anilines is 1. The molecule has 14 heavy (non-hydrogen) atoms. The molecule has 0 radical (unpaired) electrons. The van der Waals surface area contributed by atoms with Crippen LogP contribution in [0.3, 0.4) is 0 Å². The van der Waals surface area contributed by atoms with Gasteiger partial charge in [-0.2, -0.15) is 5.10 Å². The molecule has 1 saturated carbocycles. The zero-order valence-electron chi connectivity index (χ0n) is 8.96. The van der Waals surface area contributed by atoms with Gasteiger partial charge in [0.15, 0.2) is 0 Å². The Morgan fingerprint density at radius 2 is 2.29 bits per heavy atom. The van der Waals surface area contributed by atoms with Gasteiger partial charge in [0.1, 0.15) is 0 Å². The first kappa shape index (κ1) is 9.56. The normalized spacial score (nSPS) is 32.9. The van der Waals surface area contributed by atoms with E-state index in [1.165, 1.54) is 19.3 Å². The Bertz CT molecular complexity index is 268. The summed E-state index contributed by atoms with van der Waals surface area (Å²) in [6.07, 6.45) is 7.75. The number of aromatic amines is 1. The second-order valence-corrected chi connectivity index (χ2v) is 4.63. The number of H-pyrrole nitrogens is 1. The van der Waals surface area contributed by atoms with Gasteiger partial charge >= 0.3 is 0 Å². The molecule has 0 bridgehead atoms. The molecule has 0 aliphatic heterocycles. The Balaban J connectivity index is 1.92. The van der Waals surface area contributed by atoms with Crippen molar-refractivity contribution in [3.63, 3.8) is 0 Å². The van der Waals surface area contributed by atoms with E-state index < -0.39 is 0 Å². The van der Waals surface area contributed by atoms with Crippen LogP contribution in [0, 0.1) is 11.8 Å². The van der Waals surface area contributed by atoms with Crippen LogP contribution in [0.1, 0.15) is 33.1 Å². The first-order valence-electron chi connectivity index (χ1n) is 5.51. The van der Waals surface area contributed by atoms with Crippen LogP contribution >= 0.6 is 0 Å². The predicted molar refractivity (Wildman–Crippen MR) is 58.2 cm³/mol. The third-order valence-corrected chi connectivity index (χ3v) is 3.28. The number of aromatic nitrogens is 2. The number of nitrogens with zero attached hydrogens (tertiary/aromatic N) is 1. The first-order chi connectivity index (χ1) is 6.75. The van der Waals surface area contributed by atoms with Crippen molar-refractivity contribution in [2.75, 3.05) is 5.32 Å². The van der Waals surface area contributed by atoms with Crippen molar-refractivity contribution in [1.82, 2.24) is 10.2 Å². The topological polar surface area (TPSA) is 40.7 Å². The summed E-state index contributed by atoms with van der Waals surface area (Å²) < 4.78 is 0. The molecular weight excluding hydrogens is 174 g/mol. The number of hydrogen-bond acceptors (Lipinski definition) is 2. The maximum Gasteiger partial charge on any atom is 0.0726 e. The van der Waals surface area contributed by atoms with Crippen LogP contribution in [0.5, 0.6) is 0 Å². The van der Waals surface area contributed by atoms with Crippen molar-refractivity contribution in [3.05, 3.63) is 12.4 Å². The van der Waals surface area contributed by atoms with Gasteiger partial charge in [-0.25, -0.2) is 0 Å². The average molecular weight is 193 g/mol. The summed E-state index contributed by atoms with van der Waals surface area (Å²) in [4.78, 5) is 0. The molecular formula is C11H19N3. The highest BCUT2D eigenvalue weighted by atomic mass is 15.1. The first-order valence-corrected chi connectivity index (χ1v) is 5.51. The Morgan fingerprint density at radius 1 is 1.43 bits per heavy atom. The van der Waals surface area contributed by atoms with Gasteiger partial charge < -0.3 is 5.32 Å². The minimum absolute atomic E-state index is 0.629. The molecule has 3 heteroatoms. The monoisotopic (exact) mass is 193 g/mol. The molecule has 0 spiro atoms. The molecule has 3 atom stereocenters. The molecule has 1 heterocycles. The molecule has 1 aromatic rings. The van der Waals surface area contributed by atoms with E-state index in [-0.39, 0.29) is 0 Å². The summed E-state index contributed by atoms with van der Waals surface area (Å²) in [6, 6.07) is 0.629. The van der Waals surface area contributed by atoms with E-state index in [0.29, 0.717) is 6.04 Å². The predicted octanol–water partition coefficient (Wildman–Crippen LogP) is 2.65. The SMILES string of the molecule is CC1CCC(Nc2cn[nH]c2)C(C)C1. The van der Waals surface area contributed by atoms with Crippen LogP contribution in [-0.4, -0.2) is 16.2 Å². The van der Waals surface area contributed by atoms with E-state index in [1.54, 1.807) is 0 Å². The average Bonchev–Trinajstić information content (AvgIpc) is 2.62. The molecule has 0 aromatic carbocycles. The quantitative estimate of drug-likeness (QED) is 0.758. The molecule has 3 unspecified atom stereocenters.